The average molecular weight is 811 g/mol. The zero-order chi connectivity index (χ0) is 42.1. The molecule has 3 aliphatic heterocycles. The van der Waals surface area contributed by atoms with Crippen molar-refractivity contribution in [3.05, 3.63) is 89.5 Å². The Morgan fingerprint density at radius 2 is 1.95 bits per heavy atom. The van der Waals surface area contributed by atoms with Crippen LogP contribution in [-0.2, 0) is 15.9 Å². The normalized spacial score (nSPS) is 20.3. The number of hydrogen-bond donors (Lipinski definition) is 1. The summed E-state index contributed by atoms with van der Waals surface area (Å²) in [5.41, 5.74) is 2.77. The van der Waals surface area contributed by atoms with Crippen LogP contribution in [0.1, 0.15) is 70.1 Å². The number of aryl methyl sites for hydroxylation is 1. The van der Waals surface area contributed by atoms with E-state index in [-0.39, 0.29) is 67.3 Å². The van der Waals surface area contributed by atoms with Crippen molar-refractivity contribution in [2.45, 2.75) is 89.6 Å². The van der Waals surface area contributed by atoms with Crippen LogP contribution in [0.3, 0.4) is 0 Å². The summed E-state index contributed by atoms with van der Waals surface area (Å²) in [5, 5.41) is 15.8. The van der Waals surface area contributed by atoms with E-state index >= 15 is 4.39 Å². The molecule has 3 aromatic carbocycles. The topological polar surface area (TPSA) is 122 Å². The summed E-state index contributed by atoms with van der Waals surface area (Å²) < 4.78 is 41.9. The molecule has 0 radical (unpaired) electrons. The monoisotopic (exact) mass is 810 g/mol. The van der Waals surface area contributed by atoms with Gasteiger partial charge in [0.05, 0.1) is 23.8 Å². The highest BCUT2D eigenvalue weighted by atomic mass is 19.1. The van der Waals surface area contributed by atoms with Crippen molar-refractivity contribution in [3.63, 3.8) is 0 Å². The Kier molecular flexibility index (Phi) is 11.5. The summed E-state index contributed by atoms with van der Waals surface area (Å²) in [4.78, 5) is 26.8. The first-order valence-electron chi connectivity index (χ1n) is 20.7. The van der Waals surface area contributed by atoms with E-state index in [4.69, 9.17) is 23.9 Å². The Hall–Kier alpha value is -5.95. The molecule has 60 heavy (non-hydrogen) atoms. The Bertz CT molecular complexity index is 2530. The molecule has 3 unspecified atom stereocenters. The molecule has 1 aliphatic carbocycles. The second kappa shape index (κ2) is 17.0. The van der Waals surface area contributed by atoms with E-state index in [2.05, 4.69) is 40.2 Å². The lowest BCUT2D eigenvalue weighted by Crippen LogP contribution is -2.50. The Morgan fingerprint density at radius 3 is 2.68 bits per heavy atom. The van der Waals surface area contributed by atoms with Gasteiger partial charge in [0.25, 0.3) is 0 Å². The highest BCUT2D eigenvalue weighted by Crippen LogP contribution is 2.47. The molecule has 2 aromatic heterocycles. The van der Waals surface area contributed by atoms with Crippen LogP contribution in [0.2, 0.25) is 0 Å². The minimum atomic E-state index is -0.643. The zero-order valence-electron chi connectivity index (χ0n) is 35.0. The highest BCUT2D eigenvalue weighted by Gasteiger charge is 2.55. The maximum atomic E-state index is 18.1. The molecule has 4 fully saturated rings. The van der Waals surface area contributed by atoms with Crippen LogP contribution < -0.4 is 14.8 Å². The predicted octanol–water partition coefficient (Wildman–Crippen LogP) is 8.71. The van der Waals surface area contributed by atoms with E-state index < -0.39 is 11.4 Å². The first kappa shape index (κ1) is 40.8. The summed E-state index contributed by atoms with van der Waals surface area (Å²) in [6, 6.07) is 19.2. The third kappa shape index (κ3) is 8.15. The smallest absolute Gasteiger partial charge is 0.410 e. The van der Waals surface area contributed by atoms with Gasteiger partial charge in [0, 0.05) is 60.9 Å². The van der Waals surface area contributed by atoms with Crippen LogP contribution in [0.15, 0.2) is 67.0 Å². The molecule has 12 heteroatoms. The summed E-state index contributed by atoms with van der Waals surface area (Å²) in [5.74, 6) is 6.96. The van der Waals surface area contributed by atoms with Crippen LogP contribution in [0, 0.1) is 34.9 Å². The van der Waals surface area contributed by atoms with E-state index in [1.54, 1.807) is 24.4 Å². The molecular weight excluding hydrogens is 760 g/mol. The molecule has 5 heterocycles. The molecule has 5 atom stereocenters. The van der Waals surface area contributed by atoms with Gasteiger partial charge in [0.2, 0.25) is 5.88 Å². The van der Waals surface area contributed by atoms with Crippen LogP contribution in [-0.4, -0.2) is 89.7 Å². The van der Waals surface area contributed by atoms with E-state index in [9.17, 15) is 10.1 Å². The third-order valence-corrected chi connectivity index (χ3v) is 11.9. The molecule has 1 N–H and O–H groups in total. The summed E-state index contributed by atoms with van der Waals surface area (Å²) in [6.07, 6.45) is 5.97. The van der Waals surface area contributed by atoms with Gasteiger partial charge < -0.3 is 29.2 Å². The second-order valence-electron chi connectivity index (χ2n) is 17.1. The molecule has 5 aromatic rings. The molecule has 2 bridgehead atoms. The number of pyridine rings is 2. The van der Waals surface area contributed by atoms with Gasteiger partial charge in [-0.15, -0.1) is 0 Å². The van der Waals surface area contributed by atoms with Gasteiger partial charge >= 0.3 is 6.09 Å². The number of likely N-dealkylation sites (N-methyl/N-ethyl adjacent to an activating group) is 1. The molecule has 11 nitrogen and oxygen atoms in total. The van der Waals surface area contributed by atoms with E-state index in [1.807, 2.05) is 82.3 Å². The predicted molar refractivity (Wildman–Crippen MR) is 229 cm³/mol. The SMILES string of the molecule is COCOc1cc(-c2c(CCC#N)cc3c(NC4C5CC4N(C(=O)OC(C)(C)C)C5)c(C#Cc4cccnc4)c(O[C@@H](C)[C@@H]4CCCN4C)nc3c2F)c2ccccc2c1. The van der Waals surface area contributed by atoms with E-state index in [0.29, 0.717) is 51.2 Å². The van der Waals surface area contributed by atoms with Gasteiger partial charge in [-0.1, -0.05) is 36.1 Å². The van der Waals surface area contributed by atoms with Crippen molar-refractivity contribution in [1.29, 1.82) is 5.26 Å². The number of rotatable bonds is 11. The number of halogens is 1. The molecule has 3 saturated heterocycles. The Morgan fingerprint density at radius 1 is 1.12 bits per heavy atom. The van der Waals surface area contributed by atoms with Crippen LogP contribution in [0.4, 0.5) is 14.9 Å². The number of anilines is 1. The number of carbonyl (C=O) groups is 1. The number of nitrogens with one attached hydrogen (secondary N) is 1. The maximum absolute atomic E-state index is 18.1. The molecule has 0 spiro atoms. The Balaban J connectivity index is 1.36. The third-order valence-electron chi connectivity index (χ3n) is 11.9. The summed E-state index contributed by atoms with van der Waals surface area (Å²) in [6.45, 7) is 9.12. The van der Waals surface area contributed by atoms with Gasteiger partial charge in [0.15, 0.2) is 12.6 Å². The molecule has 4 aliphatic rings. The molecule has 310 valence electrons. The number of nitrogens with zero attached hydrogens (tertiary/aromatic N) is 5. The Labute approximate surface area is 350 Å². The standard InChI is InChI=1S/C48H51FN6O5/c1-29(39-16-11-21-54(39)5)59-46-36(18-17-30-12-10-20-51-26-30)44(52-43-33-24-40(43)55(27-33)47(56)60-48(2,3)4)38-23-32(14-9-19-50)41(42(49)45(38)53-46)37-25-34(58-28-57-6)22-31-13-7-8-15-35(31)37/h7-8,10,12-13,15,20,22-23,25-26,29,33,39-40,43H,9,11,14,16,21,24,27-28H2,1-6H3,(H,52,53)/t29-,33?,39-,40?,43?/m0/s1. The number of ether oxygens (including phenoxy) is 4. The number of methoxy groups -OCH3 is 1. The van der Waals surface area contributed by atoms with Gasteiger partial charge in [-0.3, -0.25) is 9.88 Å². The van der Waals surface area contributed by atoms with Gasteiger partial charge in [-0.05, 0) is 119 Å². The summed E-state index contributed by atoms with van der Waals surface area (Å²) >= 11 is 0. The fourth-order valence-corrected chi connectivity index (χ4v) is 9.01. The fraction of sp³-hybridized carbons (Fsp3) is 0.417. The summed E-state index contributed by atoms with van der Waals surface area (Å²) in [7, 11) is 3.64. The molecule has 1 amide bonds. The van der Waals surface area contributed by atoms with Crippen LogP contribution >= 0.6 is 0 Å². The number of aromatic nitrogens is 2. The minimum absolute atomic E-state index is 0.0162. The van der Waals surface area contributed by atoms with Gasteiger partial charge in [0.1, 0.15) is 28.5 Å². The van der Waals surface area contributed by atoms with E-state index in [1.165, 1.54) is 0 Å². The van der Waals surface area contributed by atoms with Gasteiger partial charge in [-0.2, -0.15) is 5.26 Å². The second-order valence-corrected chi connectivity index (χ2v) is 17.1. The average Bonchev–Trinajstić information content (AvgIpc) is 3.97. The lowest BCUT2D eigenvalue weighted by atomic mass is 9.79. The molecular formula is C48H51FN6O5. The lowest BCUT2D eigenvalue weighted by Gasteiger charge is -2.38. The minimum Gasteiger partial charge on any atom is -0.472 e. The van der Waals surface area contributed by atoms with Gasteiger partial charge in [-0.25, -0.2) is 14.2 Å². The zero-order valence-corrected chi connectivity index (χ0v) is 35.0. The number of nitriles is 1. The molecule has 1 saturated carbocycles. The lowest BCUT2D eigenvalue weighted by molar-refractivity contribution is 0.0239. The van der Waals surface area contributed by atoms with Crippen molar-refractivity contribution in [2.24, 2.45) is 5.92 Å². The van der Waals surface area contributed by atoms with Crippen molar-refractivity contribution >= 4 is 33.5 Å². The first-order chi connectivity index (χ1) is 28.9. The highest BCUT2D eigenvalue weighted by molar-refractivity contribution is 6.04. The van der Waals surface area contributed by atoms with Crippen molar-refractivity contribution in [2.75, 3.05) is 39.4 Å². The first-order valence-corrected chi connectivity index (χ1v) is 20.7. The number of likely N-dealkylation sites (tertiary alicyclic amines) is 1. The van der Waals surface area contributed by atoms with Crippen LogP contribution in [0.5, 0.6) is 11.6 Å². The van der Waals surface area contributed by atoms with Crippen molar-refractivity contribution in [1.82, 2.24) is 19.8 Å². The number of fused-ring (bicyclic) bond motifs is 3. The van der Waals surface area contributed by atoms with E-state index in [0.717, 1.165) is 36.6 Å². The number of hydrogen-bond acceptors (Lipinski definition) is 10. The van der Waals surface area contributed by atoms with Crippen molar-refractivity contribution in [3.8, 4) is 40.7 Å². The largest absolute Gasteiger partial charge is 0.472 e. The number of carbonyl (C=O) groups excluding carboxylic acids is 1. The number of amides is 1. The quantitative estimate of drug-likeness (QED) is 0.102. The molecule has 9 rings (SSSR count). The fourth-order valence-electron chi connectivity index (χ4n) is 9.01. The maximum Gasteiger partial charge on any atom is 0.410 e. The van der Waals surface area contributed by atoms with Crippen molar-refractivity contribution < 1.29 is 28.1 Å². The van der Waals surface area contributed by atoms with Crippen LogP contribution in [0.25, 0.3) is 32.8 Å². The number of benzene rings is 3.